The lowest BCUT2D eigenvalue weighted by Crippen LogP contribution is -2.23. The van der Waals surface area contributed by atoms with E-state index in [1.54, 1.807) is 26.0 Å². The maximum Gasteiger partial charge on any atom is 0.136 e. The number of methoxy groups -OCH3 is 2. The Kier molecular flexibility index (Phi) is 9.49. The monoisotopic (exact) mass is 389 g/mol. The lowest BCUT2D eigenvalue weighted by Gasteiger charge is -2.11. The molecule has 0 radical (unpaired) electrons. The highest BCUT2D eigenvalue weighted by Gasteiger charge is 2.09. The number of aliphatic carboxylic acids is 2. The van der Waals surface area contributed by atoms with Gasteiger partial charge in [-0.25, -0.2) is 0 Å². The zero-order valence-corrected chi connectivity index (χ0v) is 15.7. The largest absolute Gasteiger partial charge is 0.545 e. The van der Waals surface area contributed by atoms with Crippen molar-refractivity contribution in [3.05, 3.63) is 60.2 Å². The first-order chi connectivity index (χ1) is 12.9. The van der Waals surface area contributed by atoms with Crippen molar-refractivity contribution in [3.8, 4) is 11.5 Å². The molecule has 2 N–H and O–H groups in total. The molecule has 0 fully saturated rings. The van der Waals surface area contributed by atoms with Crippen molar-refractivity contribution in [2.75, 3.05) is 14.2 Å². The van der Waals surface area contributed by atoms with E-state index >= 15 is 0 Å². The van der Waals surface area contributed by atoms with E-state index in [4.69, 9.17) is 15.2 Å². The Labute approximate surface area is 161 Å². The van der Waals surface area contributed by atoms with Gasteiger partial charge >= 0.3 is 0 Å². The predicted molar refractivity (Wildman–Crippen MR) is 97.2 cm³/mol. The van der Waals surface area contributed by atoms with Gasteiger partial charge in [0.2, 0.25) is 0 Å². The molecule has 0 aliphatic rings. The van der Waals surface area contributed by atoms with Crippen LogP contribution in [0.5, 0.6) is 11.5 Å². The summed E-state index contributed by atoms with van der Waals surface area (Å²) >= 11 is 1.65. The van der Waals surface area contributed by atoms with Crippen molar-refractivity contribution >= 4 is 23.7 Å². The third kappa shape index (κ3) is 7.85. The summed E-state index contributed by atoms with van der Waals surface area (Å²) in [7, 11) is 3.30. The minimum absolute atomic E-state index is 0.384. The second-order valence-electron chi connectivity index (χ2n) is 4.90. The van der Waals surface area contributed by atoms with Crippen molar-refractivity contribution in [2.24, 2.45) is 5.73 Å². The molecule has 0 saturated carbocycles. The van der Waals surface area contributed by atoms with Crippen LogP contribution in [0.25, 0.3) is 0 Å². The van der Waals surface area contributed by atoms with Crippen LogP contribution in [0, 0.1) is 0 Å². The fraction of sp³-hybridized carbons (Fsp3) is 0.158. The van der Waals surface area contributed by atoms with E-state index in [1.807, 2.05) is 36.4 Å². The molecule has 0 aromatic heterocycles. The minimum Gasteiger partial charge on any atom is -0.545 e. The molecule has 0 aliphatic heterocycles. The van der Waals surface area contributed by atoms with Gasteiger partial charge in [-0.1, -0.05) is 30.0 Å². The van der Waals surface area contributed by atoms with E-state index < -0.39 is 11.9 Å². The van der Waals surface area contributed by atoms with E-state index in [-0.39, 0.29) is 0 Å². The standard InChI is InChI=1S/C15H17NO2S.C4H4O4/c1-17-12-7-8-15(13(9-12)18-2)19-14-6-4-3-5-11(14)10-16;5-3(6)1-2-4(7)8/h3-9H,10,16H2,1-2H3;1-2H,(H,5,6)(H,7,8)/p-2/b;2-1-. The van der Waals surface area contributed by atoms with Crippen LogP contribution in [0.1, 0.15) is 5.56 Å². The fourth-order valence-electron chi connectivity index (χ4n) is 1.89. The summed E-state index contributed by atoms with van der Waals surface area (Å²) in [5.74, 6) is -1.51. The highest BCUT2D eigenvalue weighted by Crippen LogP contribution is 2.38. The smallest absolute Gasteiger partial charge is 0.136 e. The Morgan fingerprint density at radius 1 is 1.00 bits per heavy atom. The number of nitrogens with two attached hydrogens (primary N) is 1. The average molecular weight is 389 g/mol. The molecule has 0 saturated heterocycles. The molecular weight excluding hydrogens is 370 g/mol. The van der Waals surface area contributed by atoms with E-state index in [1.165, 1.54) is 0 Å². The first-order valence-electron chi connectivity index (χ1n) is 7.69. The van der Waals surface area contributed by atoms with Crippen LogP contribution in [-0.4, -0.2) is 26.2 Å². The first-order valence-corrected chi connectivity index (χ1v) is 8.50. The Morgan fingerprint density at radius 2 is 1.63 bits per heavy atom. The van der Waals surface area contributed by atoms with Crippen LogP contribution in [0.4, 0.5) is 0 Å². The lowest BCUT2D eigenvalue weighted by atomic mass is 10.2. The second-order valence-corrected chi connectivity index (χ2v) is 5.99. The molecule has 0 amide bonds. The molecule has 0 spiro atoms. The number of ether oxygens (including phenoxy) is 2. The fourth-order valence-corrected chi connectivity index (χ4v) is 2.93. The molecule has 2 rings (SSSR count). The van der Waals surface area contributed by atoms with Gasteiger partial charge in [0.15, 0.2) is 0 Å². The average Bonchev–Trinajstić information content (AvgIpc) is 2.67. The molecule has 0 unspecified atom stereocenters. The van der Waals surface area contributed by atoms with E-state index in [2.05, 4.69) is 6.07 Å². The number of carbonyl (C=O) groups excluding carboxylic acids is 2. The SMILES string of the molecule is COc1ccc(Sc2ccccc2CN)c(OC)c1.O=C([O-])/C=C\C(=O)[O-]. The minimum atomic E-state index is -1.55. The van der Waals surface area contributed by atoms with Crippen LogP contribution in [0.15, 0.2) is 64.4 Å². The van der Waals surface area contributed by atoms with Crippen molar-refractivity contribution in [3.63, 3.8) is 0 Å². The summed E-state index contributed by atoms with van der Waals surface area (Å²) < 4.78 is 10.6. The van der Waals surface area contributed by atoms with Gasteiger partial charge in [0.25, 0.3) is 0 Å². The molecule has 2 aromatic rings. The quantitative estimate of drug-likeness (QED) is 0.673. The molecule has 7 nitrogen and oxygen atoms in total. The molecule has 144 valence electrons. The van der Waals surface area contributed by atoms with Crippen molar-refractivity contribution in [2.45, 2.75) is 16.3 Å². The van der Waals surface area contributed by atoms with Gasteiger partial charge in [-0.05, 0) is 35.9 Å². The van der Waals surface area contributed by atoms with Crippen LogP contribution in [-0.2, 0) is 16.1 Å². The topological polar surface area (TPSA) is 125 Å². The summed E-state index contributed by atoms with van der Waals surface area (Å²) in [5.41, 5.74) is 6.89. The normalized spacial score (nSPS) is 10.0. The second kappa shape index (κ2) is 11.6. The van der Waals surface area contributed by atoms with E-state index in [0.717, 1.165) is 26.9 Å². The van der Waals surface area contributed by atoms with Crippen LogP contribution in [0.3, 0.4) is 0 Å². The van der Waals surface area contributed by atoms with Gasteiger partial charge in [-0.2, -0.15) is 0 Å². The Hall–Kier alpha value is -2.97. The molecule has 27 heavy (non-hydrogen) atoms. The highest BCUT2D eigenvalue weighted by atomic mass is 32.2. The van der Waals surface area contributed by atoms with Crippen molar-refractivity contribution in [1.29, 1.82) is 0 Å². The number of carboxylic acids is 2. The molecule has 0 heterocycles. The molecule has 0 aliphatic carbocycles. The summed E-state index contributed by atoms with van der Waals surface area (Å²) in [6, 6.07) is 13.9. The highest BCUT2D eigenvalue weighted by molar-refractivity contribution is 7.99. The van der Waals surface area contributed by atoms with Gasteiger partial charge in [0.05, 0.1) is 31.1 Å². The number of rotatable bonds is 7. The predicted octanol–water partition coefficient (Wildman–Crippen LogP) is 0.356. The van der Waals surface area contributed by atoms with Gasteiger partial charge in [0.1, 0.15) is 11.5 Å². The van der Waals surface area contributed by atoms with Gasteiger partial charge in [0, 0.05) is 17.5 Å². The molecule has 0 bridgehead atoms. The summed E-state index contributed by atoms with van der Waals surface area (Å²) in [4.78, 5) is 21.0. The third-order valence-corrected chi connectivity index (χ3v) is 4.31. The number of benzene rings is 2. The molecule has 2 aromatic carbocycles. The first kappa shape index (κ1) is 22.1. The summed E-state index contributed by atoms with van der Waals surface area (Å²) in [6.07, 6.45) is 0.769. The van der Waals surface area contributed by atoms with Crippen LogP contribution >= 0.6 is 11.8 Å². The van der Waals surface area contributed by atoms with Crippen LogP contribution in [0.2, 0.25) is 0 Å². The lowest BCUT2D eigenvalue weighted by molar-refractivity contribution is -0.301. The Balaban J connectivity index is 0.000000387. The number of hydrogen-bond donors (Lipinski definition) is 1. The maximum absolute atomic E-state index is 9.41. The Morgan fingerprint density at radius 3 is 2.15 bits per heavy atom. The summed E-state index contributed by atoms with van der Waals surface area (Å²) in [5, 5.41) is 18.8. The number of carboxylic acid groups (broad SMARTS) is 2. The number of hydrogen-bond acceptors (Lipinski definition) is 8. The van der Waals surface area contributed by atoms with Gasteiger partial charge < -0.3 is 35.0 Å². The number of carbonyl (C=O) groups is 2. The van der Waals surface area contributed by atoms with Crippen molar-refractivity contribution in [1.82, 2.24) is 0 Å². The molecule has 0 atom stereocenters. The maximum atomic E-state index is 9.41. The van der Waals surface area contributed by atoms with Crippen LogP contribution < -0.4 is 25.4 Å². The summed E-state index contributed by atoms with van der Waals surface area (Å²) in [6.45, 7) is 0.529. The Bertz CT molecular complexity index is 791. The van der Waals surface area contributed by atoms with Crippen molar-refractivity contribution < 1.29 is 29.3 Å². The molecular formula is C19H19NO6S-2. The van der Waals surface area contributed by atoms with E-state index in [9.17, 15) is 19.8 Å². The zero-order chi connectivity index (χ0) is 20.2. The van der Waals surface area contributed by atoms with E-state index in [0.29, 0.717) is 18.7 Å². The van der Waals surface area contributed by atoms with Gasteiger partial charge in [-0.15, -0.1) is 0 Å². The zero-order valence-electron chi connectivity index (χ0n) is 14.8. The molecule has 8 heteroatoms. The van der Waals surface area contributed by atoms with Gasteiger partial charge in [-0.3, -0.25) is 0 Å². The third-order valence-electron chi connectivity index (χ3n) is 3.14.